The number of ketones is 1. The van der Waals surface area contributed by atoms with Crippen molar-refractivity contribution in [2.45, 2.75) is 39.7 Å². The number of nitrogens with one attached hydrogen (secondary N) is 1. The Labute approximate surface area is 193 Å². The van der Waals surface area contributed by atoms with Gasteiger partial charge in [0.1, 0.15) is 6.04 Å². The Bertz CT molecular complexity index is 1290. The number of carbonyl (C=O) groups excluding carboxylic acids is 1. The zero-order valence-electron chi connectivity index (χ0n) is 19.6. The predicted molar refractivity (Wildman–Crippen MR) is 127 cm³/mol. The first-order chi connectivity index (χ1) is 15.8. The average Bonchev–Trinajstić information content (AvgIpc) is 3.20. The molecule has 33 heavy (non-hydrogen) atoms. The molecule has 2 aromatic carbocycles. The van der Waals surface area contributed by atoms with Crippen molar-refractivity contribution in [3.63, 3.8) is 0 Å². The Morgan fingerprint density at radius 3 is 2.55 bits per heavy atom. The summed E-state index contributed by atoms with van der Waals surface area (Å²) in [5, 5.41) is 8.32. The Hall–Kier alpha value is -3.61. The number of Topliss-reactive ketones (excluding diaryl/α,β-unsaturated/α-hetero) is 1. The highest BCUT2D eigenvalue weighted by molar-refractivity contribution is 6.00. The van der Waals surface area contributed by atoms with Gasteiger partial charge in [-0.2, -0.15) is 4.98 Å². The lowest BCUT2D eigenvalue weighted by Gasteiger charge is -2.38. The van der Waals surface area contributed by atoms with Gasteiger partial charge < -0.3 is 14.8 Å². The van der Waals surface area contributed by atoms with Gasteiger partial charge in [0.15, 0.2) is 23.1 Å². The zero-order chi connectivity index (χ0) is 23.3. The maximum atomic E-state index is 13.4. The molecule has 1 unspecified atom stereocenters. The standard InChI is InChI=1S/C26H28N4O3/c1-15-8-6-7-9-17(15)24-28-25-27-18-13-26(2,3)14-19(31)22(18)23(30(25)29-24)16-10-11-20(32-4)21(12-16)33-5/h6-12,23H,13-14H2,1-5H3,(H,27,28,29). The van der Waals surface area contributed by atoms with Crippen molar-refractivity contribution < 1.29 is 14.3 Å². The molecule has 0 radical (unpaired) electrons. The van der Waals surface area contributed by atoms with E-state index in [0.29, 0.717) is 29.7 Å². The van der Waals surface area contributed by atoms with Gasteiger partial charge >= 0.3 is 0 Å². The normalized spacial score (nSPS) is 18.9. The summed E-state index contributed by atoms with van der Waals surface area (Å²) in [5.41, 5.74) is 4.52. The van der Waals surface area contributed by atoms with Crippen molar-refractivity contribution in [2.24, 2.45) is 5.41 Å². The molecule has 0 amide bonds. The van der Waals surface area contributed by atoms with E-state index in [-0.39, 0.29) is 11.2 Å². The third-order valence-corrected chi connectivity index (χ3v) is 6.44. The number of hydrogen-bond acceptors (Lipinski definition) is 6. The molecule has 1 N–H and O–H groups in total. The van der Waals surface area contributed by atoms with Gasteiger partial charge in [-0.15, -0.1) is 5.10 Å². The first kappa shape index (κ1) is 21.2. The van der Waals surface area contributed by atoms with Crippen LogP contribution in [0, 0.1) is 12.3 Å². The number of anilines is 1. The number of benzene rings is 2. The fourth-order valence-corrected chi connectivity index (χ4v) is 4.88. The van der Waals surface area contributed by atoms with Gasteiger partial charge in [0.05, 0.1) is 14.2 Å². The number of hydrogen-bond donors (Lipinski definition) is 1. The third-order valence-electron chi connectivity index (χ3n) is 6.44. The highest BCUT2D eigenvalue weighted by Gasteiger charge is 2.42. The largest absolute Gasteiger partial charge is 0.493 e. The molecule has 1 aliphatic heterocycles. The molecular formula is C26H28N4O3. The number of nitrogens with zero attached hydrogens (tertiary/aromatic N) is 3. The fourth-order valence-electron chi connectivity index (χ4n) is 4.88. The maximum absolute atomic E-state index is 13.4. The Morgan fingerprint density at radius 2 is 1.82 bits per heavy atom. The van der Waals surface area contributed by atoms with Crippen LogP contribution in [0.15, 0.2) is 53.7 Å². The molecule has 170 valence electrons. The lowest BCUT2D eigenvalue weighted by molar-refractivity contribution is -0.118. The molecule has 1 aromatic heterocycles. The van der Waals surface area contributed by atoms with E-state index in [9.17, 15) is 4.79 Å². The minimum absolute atomic E-state index is 0.119. The molecule has 2 heterocycles. The summed E-state index contributed by atoms with van der Waals surface area (Å²) in [4.78, 5) is 18.3. The first-order valence-corrected chi connectivity index (χ1v) is 11.1. The fraction of sp³-hybridized carbons (Fsp3) is 0.346. The summed E-state index contributed by atoms with van der Waals surface area (Å²) in [6, 6.07) is 13.4. The zero-order valence-corrected chi connectivity index (χ0v) is 19.6. The van der Waals surface area contributed by atoms with Gasteiger partial charge in [0.2, 0.25) is 5.95 Å². The van der Waals surface area contributed by atoms with Gasteiger partial charge in [-0.1, -0.05) is 44.2 Å². The van der Waals surface area contributed by atoms with Gasteiger partial charge in [-0.05, 0) is 42.0 Å². The average molecular weight is 445 g/mol. The van der Waals surface area contributed by atoms with E-state index in [2.05, 4.69) is 19.2 Å². The van der Waals surface area contributed by atoms with Crippen LogP contribution in [-0.2, 0) is 4.79 Å². The van der Waals surface area contributed by atoms with Crippen LogP contribution >= 0.6 is 0 Å². The van der Waals surface area contributed by atoms with Crippen LogP contribution in [0.1, 0.15) is 43.9 Å². The molecule has 0 saturated carbocycles. The molecule has 1 aliphatic carbocycles. The van der Waals surface area contributed by atoms with E-state index < -0.39 is 6.04 Å². The Kier molecular flexibility index (Phi) is 5.00. The number of aryl methyl sites for hydroxylation is 1. The quantitative estimate of drug-likeness (QED) is 0.615. The van der Waals surface area contributed by atoms with Crippen molar-refractivity contribution in [1.82, 2.24) is 14.8 Å². The smallest absolute Gasteiger partial charge is 0.226 e. The molecule has 7 nitrogen and oxygen atoms in total. The predicted octanol–water partition coefficient (Wildman–Crippen LogP) is 4.93. The molecule has 0 fully saturated rings. The lowest BCUT2D eigenvalue weighted by Crippen LogP contribution is -2.36. The Balaban J connectivity index is 1.71. The van der Waals surface area contributed by atoms with Gasteiger partial charge in [0, 0.05) is 23.3 Å². The minimum atomic E-state index is -0.398. The van der Waals surface area contributed by atoms with E-state index >= 15 is 0 Å². The molecule has 3 aromatic rings. The monoisotopic (exact) mass is 444 g/mol. The summed E-state index contributed by atoms with van der Waals surface area (Å²) < 4.78 is 12.8. The molecule has 0 spiro atoms. The van der Waals surface area contributed by atoms with E-state index in [4.69, 9.17) is 19.6 Å². The van der Waals surface area contributed by atoms with Gasteiger partial charge in [0.25, 0.3) is 0 Å². The number of allylic oxidation sites excluding steroid dienone is 2. The van der Waals surface area contributed by atoms with E-state index in [0.717, 1.165) is 34.4 Å². The molecular weight excluding hydrogens is 416 g/mol. The van der Waals surface area contributed by atoms with Crippen LogP contribution < -0.4 is 14.8 Å². The third kappa shape index (κ3) is 3.57. The summed E-state index contributed by atoms with van der Waals surface area (Å²) >= 11 is 0. The number of methoxy groups -OCH3 is 2. The summed E-state index contributed by atoms with van der Waals surface area (Å²) in [7, 11) is 3.22. The number of rotatable bonds is 4. The molecule has 5 rings (SSSR count). The van der Waals surface area contributed by atoms with E-state index in [1.807, 2.05) is 54.1 Å². The van der Waals surface area contributed by atoms with E-state index in [1.165, 1.54) is 0 Å². The number of ether oxygens (including phenoxy) is 2. The van der Waals surface area contributed by atoms with Crippen molar-refractivity contribution in [1.29, 1.82) is 0 Å². The molecule has 2 aliphatic rings. The second-order valence-corrected chi connectivity index (χ2v) is 9.49. The summed E-state index contributed by atoms with van der Waals surface area (Å²) in [6.07, 6.45) is 1.26. The molecule has 0 saturated heterocycles. The lowest BCUT2D eigenvalue weighted by atomic mass is 9.73. The molecule has 1 atom stereocenters. The van der Waals surface area contributed by atoms with Crippen LogP contribution in [0.4, 0.5) is 5.95 Å². The van der Waals surface area contributed by atoms with Crippen molar-refractivity contribution in [3.8, 4) is 22.9 Å². The van der Waals surface area contributed by atoms with Crippen LogP contribution in [0.2, 0.25) is 0 Å². The van der Waals surface area contributed by atoms with Crippen LogP contribution in [0.5, 0.6) is 11.5 Å². The van der Waals surface area contributed by atoms with Gasteiger partial charge in [-0.3, -0.25) is 4.79 Å². The van der Waals surface area contributed by atoms with Crippen LogP contribution in [0.3, 0.4) is 0 Å². The number of fused-ring (bicyclic) bond motifs is 1. The first-order valence-electron chi connectivity index (χ1n) is 11.1. The van der Waals surface area contributed by atoms with Gasteiger partial charge in [-0.25, -0.2) is 4.68 Å². The maximum Gasteiger partial charge on any atom is 0.226 e. The topological polar surface area (TPSA) is 78.3 Å². The van der Waals surface area contributed by atoms with E-state index in [1.54, 1.807) is 14.2 Å². The summed E-state index contributed by atoms with van der Waals surface area (Å²) in [5.74, 6) is 2.65. The number of aromatic nitrogens is 3. The minimum Gasteiger partial charge on any atom is -0.493 e. The Morgan fingerprint density at radius 1 is 1.06 bits per heavy atom. The second-order valence-electron chi connectivity index (χ2n) is 9.49. The number of carbonyl (C=O) groups is 1. The van der Waals surface area contributed by atoms with Crippen molar-refractivity contribution >= 4 is 11.7 Å². The highest BCUT2D eigenvalue weighted by atomic mass is 16.5. The van der Waals surface area contributed by atoms with Crippen LogP contribution in [0.25, 0.3) is 11.4 Å². The van der Waals surface area contributed by atoms with Crippen LogP contribution in [-0.4, -0.2) is 34.8 Å². The van der Waals surface area contributed by atoms with Crippen molar-refractivity contribution in [2.75, 3.05) is 19.5 Å². The second kappa shape index (κ2) is 7.76. The summed E-state index contributed by atoms with van der Waals surface area (Å²) in [6.45, 7) is 6.30. The van der Waals surface area contributed by atoms with Crippen molar-refractivity contribution in [3.05, 3.63) is 64.9 Å². The SMILES string of the molecule is COc1ccc(C2C3=C(CC(C)(C)CC3=O)Nc3nc(-c4ccccc4C)nn32)cc1OC. The molecule has 7 heteroatoms. The molecule has 0 bridgehead atoms. The highest BCUT2D eigenvalue weighted by Crippen LogP contribution is 2.46.